The van der Waals surface area contributed by atoms with Gasteiger partial charge in [0.15, 0.2) is 5.69 Å². The molecule has 2 aromatic rings. The summed E-state index contributed by atoms with van der Waals surface area (Å²) >= 11 is 0. The molecule has 0 amide bonds. The van der Waals surface area contributed by atoms with E-state index in [4.69, 9.17) is 25.4 Å². The zero-order chi connectivity index (χ0) is 21.2. The van der Waals surface area contributed by atoms with Crippen molar-refractivity contribution in [2.75, 3.05) is 0 Å². The minimum atomic E-state index is -0.572. The predicted octanol–water partition coefficient (Wildman–Crippen LogP) is 4.39. The molecule has 0 atom stereocenters. The van der Waals surface area contributed by atoms with Crippen molar-refractivity contribution in [2.24, 2.45) is 0 Å². The highest BCUT2D eigenvalue weighted by Gasteiger charge is 2.52. The van der Waals surface area contributed by atoms with Gasteiger partial charge in [-0.05, 0) is 63.0 Å². The number of benzene rings is 2. The van der Waals surface area contributed by atoms with Crippen molar-refractivity contribution in [3.8, 4) is 11.5 Å². The van der Waals surface area contributed by atoms with Crippen LogP contribution in [0.3, 0.4) is 0 Å². The van der Waals surface area contributed by atoms with Gasteiger partial charge in [0.05, 0.1) is 17.8 Å². The Kier molecular flexibility index (Phi) is 5.69. The number of ether oxygens (including phenoxy) is 2. The second kappa shape index (κ2) is 7.90. The monoisotopic (exact) mass is 393 g/mol. The average molecular weight is 393 g/mol. The molecule has 2 aromatic carbocycles. The van der Waals surface area contributed by atoms with Crippen LogP contribution in [0.1, 0.15) is 40.2 Å². The van der Waals surface area contributed by atoms with Crippen LogP contribution in [0.25, 0.3) is 4.85 Å². The maximum Gasteiger partial charge on any atom is 0.495 e. The lowest BCUT2D eigenvalue weighted by molar-refractivity contribution is -0.142. The summed E-state index contributed by atoms with van der Waals surface area (Å²) in [5.74, 6) is 0.827. The van der Waals surface area contributed by atoms with Crippen molar-refractivity contribution in [2.45, 2.75) is 52.4 Å². The molecule has 0 saturated carbocycles. The lowest BCUT2D eigenvalue weighted by Gasteiger charge is -2.32. The van der Waals surface area contributed by atoms with E-state index in [0.29, 0.717) is 17.2 Å². The summed E-state index contributed by atoms with van der Waals surface area (Å²) in [4.78, 5) is 14.7. The van der Waals surface area contributed by atoms with E-state index in [1.54, 1.807) is 24.3 Å². The molecule has 1 fully saturated rings. The molecule has 7 heteroatoms. The largest absolute Gasteiger partial charge is 0.495 e. The summed E-state index contributed by atoms with van der Waals surface area (Å²) in [7, 11) is -0.572. The fourth-order valence-electron chi connectivity index (χ4n) is 2.87. The van der Waals surface area contributed by atoms with Crippen molar-refractivity contribution in [3.63, 3.8) is 0 Å². The highest BCUT2D eigenvalue weighted by atomic mass is 16.7. The Morgan fingerprint density at radius 1 is 1.03 bits per heavy atom. The van der Waals surface area contributed by atoms with Crippen LogP contribution in [0.15, 0.2) is 42.5 Å². The van der Waals surface area contributed by atoms with Gasteiger partial charge in [-0.1, -0.05) is 18.2 Å². The molecule has 3 rings (SSSR count). The zero-order valence-electron chi connectivity index (χ0n) is 17.3. The van der Waals surface area contributed by atoms with Gasteiger partial charge in [0.2, 0.25) is 0 Å². The summed E-state index contributed by atoms with van der Waals surface area (Å²) in [6.07, 6.45) is 0. The van der Waals surface area contributed by atoms with Gasteiger partial charge >= 0.3 is 13.1 Å². The Hall–Kier alpha value is -2.82. The van der Waals surface area contributed by atoms with E-state index < -0.39 is 18.3 Å². The molecule has 0 unspecified atom stereocenters. The van der Waals surface area contributed by atoms with E-state index in [1.807, 2.05) is 45.9 Å². The highest BCUT2D eigenvalue weighted by molar-refractivity contribution is 6.62. The summed E-state index contributed by atoms with van der Waals surface area (Å²) in [5.41, 5.74) is 1.13. The van der Waals surface area contributed by atoms with Crippen LogP contribution in [-0.2, 0) is 25.4 Å². The number of hydrogen-bond acceptors (Lipinski definition) is 5. The maximum absolute atomic E-state index is 11.4. The Labute approximate surface area is 171 Å². The Morgan fingerprint density at radius 2 is 1.62 bits per heavy atom. The van der Waals surface area contributed by atoms with Gasteiger partial charge in [0.1, 0.15) is 18.1 Å². The lowest BCUT2D eigenvalue weighted by atomic mass is 9.76. The van der Waals surface area contributed by atoms with Crippen LogP contribution < -0.4 is 10.2 Å². The van der Waals surface area contributed by atoms with E-state index in [0.717, 1.165) is 11.0 Å². The molecule has 1 aliphatic rings. The minimum Gasteiger partial charge on any atom is -0.461 e. The first-order chi connectivity index (χ1) is 13.6. The van der Waals surface area contributed by atoms with Gasteiger partial charge in [-0.25, -0.2) is 4.85 Å². The van der Waals surface area contributed by atoms with E-state index in [2.05, 4.69) is 4.85 Å². The predicted molar refractivity (Wildman–Crippen MR) is 110 cm³/mol. The lowest BCUT2D eigenvalue weighted by Crippen LogP contribution is -2.41. The second-order valence-electron chi connectivity index (χ2n) is 7.94. The van der Waals surface area contributed by atoms with E-state index in [9.17, 15) is 4.79 Å². The van der Waals surface area contributed by atoms with Crippen LogP contribution in [0, 0.1) is 6.57 Å². The van der Waals surface area contributed by atoms with Crippen molar-refractivity contribution in [1.29, 1.82) is 0 Å². The normalized spacial score (nSPS) is 16.9. The van der Waals surface area contributed by atoms with Crippen LogP contribution in [-0.4, -0.2) is 24.3 Å². The van der Waals surface area contributed by atoms with Gasteiger partial charge < -0.3 is 18.8 Å². The SMILES string of the molecule is [C-]#[N+]c1ccc(Oc2ccc(B3OC(C)(C)C(C)(C)O3)c(COC(C)=O)c2)cc1. The van der Waals surface area contributed by atoms with Gasteiger partial charge in [-0.15, -0.1) is 0 Å². The summed E-state index contributed by atoms with van der Waals surface area (Å²) in [6.45, 7) is 16.4. The number of carbonyl (C=O) groups excluding carboxylic acids is 1. The highest BCUT2D eigenvalue weighted by Crippen LogP contribution is 2.37. The molecule has 1 saturated heterocycles. The molecule has 0 aliphatic carbocycles. The van der Waals surface area contributed by atoms with Crippen molar-refractivity contribution >= 4 is 24.2 Å². The number of esters is 1. The molecule has 1 aliphatic heterocycles. The van der Waals surface area contributed by atoms with Crippen molar-refractivity contribution in [3.05, 3.63) is 59.4 Å². The summed E-state index contributed by atoms with van der Waals surface area (Å²) in [5, 5.41) is 0. The Morgan fingerprint density at radius 3 is 2.17 bits per heavy atom. The molecule has 0 spiro atoms. The third kappa shape index (κ3) is 4.61. The van der Waals surface area contributed by atoms with Gasteiger partial charge in [0, 0.05) is 6.92 Å². The third-order valence-corrected chi connectivity index (χ3v) is 5.25. The summed E-state index contributed by atoms with van der Waals surface area (Å²) < 4.78 is 23.4. The maximum atomic E-state index is 11.4. The number of hydrogen-bond donors (Lipinski definition) is 0. The van der Waals surface area contributed by atoms with Crippen molar-refractivity contribution < 1.29 is 23.6 Å². The van der Waals surface area contributed by atoms with Gasteiger partial charge in [-0.2, -0.15) is 0 Å². The van der Waals surface area contributed by atoms with Crippen LogP contribution in [0.2, 0.25) is 0 Å². The fourth-order valence-corrected chi connectivity index (χ4v) is 2.87. The molecular formula is C22H24BNO5. The fraction of sp³-hybridized carbons (Fsp3) is 0.364. The first kappa shape index (κ1) is 20.9. The van der Waals surface area contributed by atoms with Crippen LogP contribution in [0.5, 0.6) is 11.5 Å². The van der Waals surface area contributed by atoms with Crippen LogP contribution in [0.4, 0.5) is 5.69 Å². The molecule has 0 bridgehead atoms. The van der Waals surface area contributed by atoms with Crippen molar-refractivity contribution in [1.82, 2.24) is 0 Å². The quantitative estimate of drug-likeness (QED) is 0.428. The van der Waals surface area contributed by atoms with E-state index in [-0.39, 0.29) is 12.6 Å². The molecule has 0 radical (unpaired) electrons. The number of carbonyl (C=O) groups is 1. The Balaban J connectivity index is 1.88. The smallest absolute Gasteiger partial charge is 0.461 e. The summed E-state index contributed by atoms with van der Waals surface area (Å²) in [6, 6.07) is 12.4. The molecule has 0 N–H and O–H groups in total. The minimum absolute atomic E-state index is 0.0859. The molecule has 0 aromatic heterocycles. The first-order valence-corrected chi connectivity index (χ1v) is 9.38. The first-order valence-electron chi connectivity index (χ1n) is 9.38. The molecule has 29 heavy (non-hydrogen) atoms. The van der Waals surface area contributed by atoms with Gasteiger partial charge in [0.25, 0.3) is 0 Å². The topological polar surface area (TPSA) is 58.4 Å². The molecule has 1 heterocycles. The molecular weight excluding hydrogens is 369 g/mol. The Bertz CT molecular complexity index is 931. The molecule has 6 nitrogen and oxygen atoms in total. The average Bonchev–Trinajstić information content (AvgIpc) is 2.88. The van der Waals surface area contributed by atoms with E-state index in [1.165, 1.54) is 6.92 Å². The molecule has 150 valence electrons. The number of nitrogens with zero attached hydrogens (tertiary/aromatic N) is 1. The van der Waals surface area contributed by atoms with E-state index >= 15 is 0 Å². The van der Waals surface area contributed by atoms with Crippen LogP contribution >= 0.6 is 0 Å². The van der Waals surface area contributed by atoms with Gasteiger partial charge in [-0.3, -0.25) is 4.79 Å². The second-order valence-corrected chi connectivity index (χ2v) is 7.94. The zero-order valence-corrected chi connectivity index (χ0v) is 17.3. The third-order valence-electron chi connectivity index (χ3n) is 5.25. The number of rotatable bonds is 5. The standard InChI is InChI=1S/C22H24BNO5/c1-15(25)26-14-16-13-19(27-18-9-7-17(24-6)8-10-18)11-12-20(16)23-28-21(2,3)22(4,5)29-23/h7-13H,14H2,1-5H3.